The molecule has 0 bridgehead atoms. The summed E-state index contributed by atoms with van der Waals surface area (Å²) in [5, 5.41) is 11.4. The summed E-state index contributed by atoms with van der Waals surface area (Å²) in [5.74, 6) is -0.492. The second kappa shape index (κ2) is 3.17. The van der Waals surface area contributed by atoms with E-state index in [1.165, 1.54) is 6.33 Å². The van der Waals surface area contributed by atoms with Crippen molar-refractivity contribution in [3.63, 3.8) is 0 Å². The summed E-state index contributed by atoms with van der Waals surface area (Å²) in [6.45, 7) is 1.66. The molecular formula is C7H9N3O2. The largest absolute Gasteiger partial charge is 0.476 e. The van der Waals surface area contributed by atoms with E-state index in [1.807, 2.05) is 0 Å². The summed E-state index contributed by atoms with van der Waals surface area (Å²) < 4.78 is 0. The van der Waals surface area contributed by atoms with Gasteiger partial charge in [0.15, 0.2) is 5.69 Å². The molecule has 0 aromatic carbocycles. The SMILES string of the molecule is CNc1ncnc(C(=O)O)c1C. The van der Waals surface area contributed by atoms with Gasteiger partial charge in [-0.1, -0.05) is 0 Å². The molecule has 2 N–H and O–H groups in total. The Morgan fingerprint density at radius 1 is 1.58 bits per heavy atom. The fourth-order valence-electron chi connectivity index (χ4n) is 0.918. The number of nitrogens with one attached hydrogen (secondary N) is 1. The standard InChI is InChI=1S/C7H9N3O2/c1-4-5(7(11)12)9-3-10-6(4)8-2/h3H,1-2H3,(H,11,12)(H,8,9,10). The fraction of sp³-hybridized carbons (Fsp3) is 0.286. The lowest BCUT2D eigenvalue weighted by Crippen LogP contribution is -2.07. The maximum atomic E-state index is 10.6. The number of anilines is 1. The first kappa shape index (κ1) is 8.45. The molecule has 0 fully saturated rings. The van der Waals surface area contributed by atoms with Gasteiger partial charge in [0, 0.05) is 12.6 Å². The zero-order valence-corrected chi connectivity index (χ0v) is 6.83. The smallest absolute Gasteiger partial charge is 0.354 e. The molecule has 5 heteroatoms. The van der Waals surface area contributed by atoms with E-state index in [0.717, 1.165) is 0 Å². The van der Waals surface area contributed by atoms with Crippen molar-refractivity contribution in [3.05, 3.63) is 17.6 Å². The number of carboxylic acids is 1. The van der Waals surface area contributed by atoms with E-state index in [1.54, 1.807) is 14.0 Å². The van der Waals surface area contributed by atoms with Gasteiger partial charge in [0.25, 0.3) is 0 Å². The second-order valence-electron chi connectivity index (χ2n) is 2.25. The van der Waals surface area contributed by atoms with Crippen molar-refractivity contribution in [2.45, 2.75) is 6.92 Å². The van der Waals surface area contributed by atoms with Gasteiger partial charge in [-0.15, -0.1) is 0 Å². The van der Waals surface area contributed by atoms with Gasteiger partial charge in [0.05, 0.1) is 0 Å². The van der Waals surface area contributed by atoms with Gasteiger partial charge in [-0.05, 0) is 6.92 Å². The molecule has 1 heterocycles. The maximum Gasteiger partial charge on any atom is 0.354 e. The number of hydrogen-bond donors (Lipinski definition) is 2. The van der Waals surface area contributed by atoms with Crippen molar-refractivity contribution in [2.24, 2.45) is 0 Å². The van der Waals surface area contributed by atoms with Crippen LogP contribution in [0.4, 0.5) is 5.82 Å². The number of aromatic carboxylic acids is 1. The Labute approximate surface area is 69.5 Å². The molecule has 5 nitrogen and oxygen atoms in total. The summed E-state index contributed by atoms with van der Waals surface area (Å²) in [4.78, 5) is 18.1. The van der Waals surface area contributed by atoms with E-state index >= 15 is 0 Å². The minimum absolute atomic E-state index is 0.0364. The number of rotatable bonds is 2. The lowest BCUT2D eigenvalue weighted by molar-refractivity contribution is 0.0689. The molecule has 0 aliphatic rings. The van der Waals surface area contributed by atoms with Crippen LogP contribution in [0.2, 0.25) is 0 Å². The highest BCUT2D eigenvalue weighted by Crippen LogP contribution is 2.12. The van der Waals surface area contributed by atoms with Crippen LogP contribution < -0.4 is 5.32 Å². The molecule has 0 amide bonds. The van der Waals surface area contributed by atoms with Crippen molar-refractivity contribution >= 4 is 11.8 Å². The van der Waals surface area contributed by atoms with Gasteiger partial charge in [-0.25, -0.2) is 14.8 Å². The number of aromatic nitrogens is 2. The van der Waals surface area contributed by atoms with E-state index in [4.69, 9.17) is 5.11 Å². The highest BCUT2D eigenvalue weighted by atomic mass is 16.4. The third-order valence-electron chi connectivity index (χ3n) is 1.52. The topological polar surface area (TPSA) is 75.1 Å². The molecule has 12 heavy (non-hydrogen) atoms. The minimum atomic E-state index is -1.04. The van der Waals surface area contributed by atoms with Crippen LogP contribution in [0.15, 0.2) is 6.33 Å². The molecule has 0 spiro atoms. The van der Waals surface area contributed by atoms with Crippen molar-refractivity contribution < 1.29 is 9.90 Å². The average molecular weight is 167 g/mol. The second-order valence-corrected chi connectivity index (χ2v) is 2.25. The quantitative estimate of drug-likeness (QED) is 0.671. The van der Waals surface area contributed by atoms with Crippen molar-refractivity contribution in [1.82, 2.24) is 9.97 Å². The summed E-state index contributed by atoms with van der Waals surface area (Å²) in [6.07, 6.45) is 1.22. The van der Waals surface area contributed by atoms with Crippen molar-refractivity contribution in [2.75, 3.05) is 12.4 Å². The molecule has 1 aromatic rings. The zero-order chi connectivity index (χ0) is 9.14. The van der Waals surface area contributed by atoms with Gasteiger partial charge in [0.1, 0.15) is 12.1 Å². The summed E-state index contributed by atoms with van der Waals surface area (Å²) in [5.41, 5.74) is 0.585. The normalized spacial score (nSPS) is 9.50. The number of carboxylic acid groups (broad SMARTS) is 1. The lowest BCUT2D eigenvalue weighted by Gasteiger charge is -2.04. The lowest BCUT2D eigenvalue weighted by atomic mass is 10.2. The van der Waals surface area contributed by atoms with Gasteiger partial charge < -0.3 is 10.4 Å². The van der Waals surface area contributed by atoms with E-state index < -0.39 is 5.97 Å². The summed E-state index contributed by atoms with van der Waals surface area (Å²) in [7, 11) is 1.68. The Morgan fingerprint density at radius 2 is 2.25 bits per heavy atom. The van der Waals surface area contributed by atoms with Crippen molar-refractivity contribution in [1.29, 1.82) is 0 Å². The first-order valence-corrected chi connectivity index (χ1v) is 3.39. The number of nitrogens with zero attached hydrogens (tertiary/aromatic N) is 2. The Hall–Kier alpha value is -1.65. The molecular weight excluding hydrogens is 158 g/mol. The molecule has 1 rings (SSSR count). The van der Waals surface area contributed by atoms with Gasteiger partial charge in [-0.2, -0.15) is 0 Å². The zero-order valence-electron chi connectivity index (χ0n) is 6.83. The van der Waals surface area contributed by atoms with Crippen LogP contribution in [0.3, 0.4) is 0 Å². The first-order valence-electron chi connectivity index (χ1n) is 3.39. The Kier molecular flexibility index (Phi) is 2.23. The Bertz CT molecular complexity index is 312. The maximum absolute atomic E-state index is 10.6. The Balaban J connectivity index is 3.23. The van der Waals surface area contributed by atoms with Gasteiger partial charge >= 0.3 is 5.97 Å². The molecule has 0 unspecified atom stereocenters. The van der Waals surface area contributed by atoms with Crippen LogP contribution in [0, 0.1) is 6.92 Å². The van der Waals surface area contributed by atoms with E-state index in [-0.39, 0.29) is 5.69 Å². The molecule has 0 saturated heterocycles. The average Bonchev–Trinajstić information content (AvgIpc) is 2.04. The molecule has 0 atom stereocenters. The van der Waals surface area contributed by atoms with Crippen LogP contribution in [0.1, 0.15) is 16.1 Å². The van der Waals surface area contributed by atoms with Gasteiger partial charge in [-0.3, -0.25) is 0 Å². The predicted molar refractivity (Wildman–Crippen MR) is 43.3 cm³/mol. The van der Waals surface area contributed by atoms with Crippen LogP contribution in [0.5, 0.6) is 0 Å². The highest BCUT2D eigenvalue weighted by molar-refractivity contribution is 5.88. The molecule has 0 saturated carbocycles. The Morgan fingerprint density at radius 3 is 2.75 bits per heavy atom. The third-order valence-corrected chi connectivity index (χ3v) is 1.52. The third kappa shape index (κ3) is 1.34. The fourth-order valence-corrected chi connectivity index (χ4v) is 0.918. The summed E-state index contributed by atoms with van der Waals surface area (Å²) >= 11 is 0. The van der Waals surface area contributed by atoms with Crippen LogP contribution in [0.25, 0.3) is 0 Å². The molecule has 64 valence electrons. The van der Waals surface area contributed by atoms with Crippen LogP contribution in [-0.2, 0) is 0 Å². The first-order chi connectivity index (χ1) is 5.66. The van der Waals surface area contributed by atoms with E-state index in [0.29, 0.717) is 11.4 Å². The minimum Gasteiger partial charge on any atom is -0.476 e. The predicted octanol–water partition coefficient (Wildman–Crippen LogP) is 0.525. The molecule has 0 aliphatic carbocycles. The molecule has 1 aromatic heterocycles. The number of hydrogen-bond acceptors (Lipinski definition) is 4. The van der Waals surface area contributed by atoms with E-state index in [2.05, 4.69) is 15.3 Å². The molecule has 0 aliphatic heterocycles. The van der Waals surface area contributed by atoms with Gasteiger partial charge in [0.2, 0.25) is 0 Å². The van der Waals surface area contributed by atoms with Crippen LogP contribution >= 0.6 is 0 Å². The molecule has 0 radical (unpaired) electrons. The van der Waals surface area contributed by atoms with Crippen LogP contribution in [-0.4, -0.2) is 28.1 Å². The highest BCUT2D eigenvalue weighted by Gasteiger charge is 2.11. The summed E-state index contributed by atoms with van der Waals surface area (Å²) in [6, 6.07) is 0. The number of carbonyl (C=O) groups is 1. The van der Waals surface area contributed by atoms with E-state index in [9.17, 15) is 4.79 Å². The van der Waals surface area contributed by atoms with Crippen molar-refractivity contribution in [3.8, 4) is 0 Å². The monoisotopic (exact) mass is 167 g/mol.